The molecule has 3 rings (SSSR count). The highest BCUT2D eigenvalue weighted by atomic mass is 35.5. The molecule has 6 nitrogen and oxygen atoms in total. The number of halogens is 1. The van der Waals surface area contributed by atoms with Crippen molar-refractivity contribution in [2.45, 2.75) is 39.7 Å². The van der Waals surface area contributed by atoms with Gasteiger partial charge in [-0.3, -0.25) is 9.89 Å². The van der Waals surface area contributed by atoms with E-state index in [-0.39, 0.29) is 19.4 Å². The number of guanidine groups is 1. The SMILES string of the molecule is C.CN(C(=O)N(Cc1ccc(Cl)cc1)CC1CCC(CN=C(N)N)CC1)c1ccccc1. The van der Waals surface area contributed by atoms with Crippen LogP contribution in [0.5, 0.6) is 0 Å². The molecule has 0 aliphatic heterocycles. The first-order chi connectivity index (χ1) is 14.9. The summed E-state index contributed by atoms with van der Waals surface area (Å²) in [7, 11) is 1.83. The molecule has 32 heavy (non-hydrogen) atoms. The van der Waals surface area contributed by atoms with Crippen LogP contribution in [0.4, 0.5) is 10.5 Å². The minimum Gasteiger partial charge on any atom is -0.370 e. The van der Waals surface area contributed by atoms with Crippen molar-refractivity contribution in [2.75, 3.05) is 25.0 Å². The molecule has 0 radical (unpaired) electrons. The molecule has 1 aliphatic rings. The molecule has 0 aromatic heterocycles. The van der Waals surface area contributed by atoms with Crippen molar-refractivity contribution >= 4 is 29.3 Å². The molecule has 0 unspecified atom stereocenters. The third-order valence-electron chi connectivity index (χ3n) is 5.96. The Morgan fingerprint density at radius 3 is 2.19 bits per heavy atom. The monoisotopic (exact) mass is 457 g/mol. The summed E-state index contributed by atoms with van der Waals surface area (Å²) in [5.41, 5.74) is 12.9. The van der Waals surface area contributed by atoms with Gasteiger partial charge in [-0.05, 0) is 67.3 Å². The topological polar surface area (TPSA) is 88.0 Å². The summed E-state index contributed by atoms with van der Waals surface area (Å²) in [4.78, 5) is 21.3. The average molecular weight is 458 g/mol. The summed E-state index contributed by atoms with van der Waals surface area (Å²) in [6.45, 7) is 1.98. The molecule has 0 spiro atoms. The average Bonchev–Trinajstić information content (AvgIpc) is 2.79. The predicted octanol–water partition coefficient (Wildman–Crippen LogP) is 5.11. The Kier molecular flexibility index (Phi) is 9.85. The Morgan fingerprint density at radius 1 is 1.00 bits per heavy atom. The van der Waals surface area contributed by atoms with Crippen LogP contribution in [0, 0.1) is 11.8 Å². The Balaban J connectivity index is 0.00000363. The molecule has 2 amide bonds. The first-order valence-electron chi connectivity index (χ1n) is 10.8. The number of hydrogen-bond acceptors (Lipinski definition) is 2. The molecule has 2 aromatic carbocycles. The number of carbonyl (C=O) groups is 1. The number of urea groups is 1. The minimum absolute atomic E-state index is 0. The summed E-state index contributed by atoms with van der Waals surface area (Å²) in [5, 5.41) is 0.696. The van der Waals surface area contributed by atoms with Gasteiger partial charge in [-0.2, -0.15) is 0 Å². The van der Waals surface area contributed by atoms with Crippen LogP contribution < -0.4 is 16.4 Å². The quantitative estimate of drug-likeness (QED) is 0.447. The normalized spacial score (nSPS) is 17.7. The van der Waals surface area contributed by atoms with Crippen LogP contribution in [-0.4, -0.2) is 37.0 Å². The lowest BCUT2D eigenvalue weighted by Crippen LogP contribution is -2.43. The van der Waals surface area contributed by atoms with E-state index in [9.17, 15) is 4.79 Å². The highest BCUT2D eigenvalue weighted by Crippen LogP contribution is 2.30. The summed E-state index contributed by atoms with van der Waals surface area (Å²) in [5.74, 6) is 1.15. The second-order valence-corrected chi connectivity index (χ2v) is 8.77. The van der Waals surface area contributed by atoms with E-state index in [1.54, 1.807) is 4.90 Å². The van der Waals surface area contributed by atoms with E-state index in [0.717, 1.165) is 43.5 Å². The fraction of sp³-hybridized carbons (Fsp3) is 0.440. The summed E-state index contributed by atoms with van der Waals surface area (Å²) in [6, 6.07) is 17.5. The molecule has 0 heterocycles. The Morgan fingerprint density at radius 2 is 1.59 bits per heavy atom. The standard InChI is InChI=1S/C24H32ClN5O.CH4/c1-29(22-5-3-2-4-6-22)24(31)30(17-20-11-13-21(25)14-12-20)16-19-9-7-18(8-10-19)15-28-23(26)27;/h2-6,11-14,18-19H,7-10,15-17H2,1H3,(H4,26,27,28);1H4. The smallest absolute Gasteiger partial charge is 0.324 e. The van der Waals surface area contributed by atoms with Gasteiger partial charge in [0.25, 0.3) is 0 Å². The third-order valence-corrected chi connectivity index (χ3v) is 6.22. The van der Waals surface area contributed by atoms with E-state index >= 15 is 0 Å². The van der Waals surface area contributed by atoms with Crippen molar-refractivity contribution < 1.29 is 4.79 Å². The van der Waals surface area contributed by atoms with E-state index in [0.29, 0.717) is 29.9 Å². The van der Waals surface area contributed by atoms with Gasteiger partial charge in [0.2, 0.25) is 0 Å². The van der Waals surface area contributed by atoms with Crippen molar-refractivity contribution in [1.82, 2.24) is 4.90 Å². The number of carbonyl (C=O) groups excluding carboxylic acids is 1. The van der Waals surface area contributed by atoms with E-state index < -0.39 is 0 Å². The van der Waals surface area contributed by atoms with E-state index in [2.05, 4.69) is 4.99 Å². The number of amides is 2. The third kappa shape index (κ3) is 7.45. The molecule has 0 saturated heterocycles. The van der Waals surface area contributed by atoms with E-state index in [4.69, 9.17) is 23.1 Å². The lowest BCUT2D eigenvalue weighted by atomic mass is 9.82. The molecular formula is C25H36ClN5O. The summed E-state index contributed by atoms with van der Waals surface area (Å²) in [6.07, 6.45) is 4.31. The molecule has 1 aliphatic carbocycles. The fourth-order valence-electron chi connectivity index (χ4n) is 4.14. The van der Waals surface area contributed by atoms with Crippen LogP contribution in [-0.2, 0) is 6.54 Å². The first kappa shape index (κ1) is 25.5. The van der Waals surface area contributed by atoms with Gasteiger partial charge in [0.05, 0.1) is 0 Å². The van der Waals surface area contributed by atoms with Crippen LogP contribution in [0.3, 0.4) is 0 Å². The van der Waals surface area contributed by atoms with Crippen LogP contribution in [0.2, 0.25) is 5.02 Å². The number of rotatable bonds is 7. The van der Waals surface area contributed by atoms with Crippen molar-refractivity contribution in [3.8, 4) is 0 Å². The minimum atomic E-state index is 0. The van der Waals surface area contributed by atoms with Crippen molar-refractivity contribution in [3.63, 3.8) is 0 Å². The van der Waals surface area contributed by atoms with Gasteiger partial charge < -0.3 is 16.4 Å². The van der Waals surface area contributed by atoms with Crippen molar-refractivity contribution in [1.29, 1.82) is 0 Å². The molecule has 7 heteroatoms. The highest BCUT2D eigenvalue weighted by Gasteiger charge is 2.27. The van der Waals surface area contributed by atoms with Gasteiger partial charge in [0.15, 0.2) is 5.96 Å². The summed E-state index contributed by atoms with van der Waals surface area (Å²) >= 11 is 6.04. The number of nitrogens with two attached hydrogens (primary N) is 2. The number of benzene rings is 2. The van der Waals surface area contributed by atoms with Gasteiger partial charge in [0, 0.05) is 37.4 Å². The zero-order chi connectivity index (χ0) is 22.2. The van der Waals surface area contributed by atoms with Gasteiger partial charge >= 0.3 is 6.03 Å². The first-order valence-corrected chi connectivity index (χ1v) is 11.2. The highest BCUT2D eigenvalue weighted by molar-refractivity contribution is 6.30. The maximum atomic E-state index is 13.4. The Bertz CT molecular complexity index is 860. The van der Waals surface area contributed by atoms with Crippen molar-refractivity contribution in [2.24, 2.45) is 28.3 Å². The number of aliphatic imine (C=N–C) groups is 1. The Hall–Kier alpha value is -2.73. The molecule has 2 aromatic rings. The van der Waals surface area contributed by atoms with Crippen LogP contribution >= 0.6 is 11.6 Å². The van der Waals surface area contributed by atoms with E-state index in [1.165, 1.54) is 0 Å². The van der Waals surface area contributed by atoms with Gasteiger partial charge in [-0.1, -0.05) is 49.4 Å². The molecule has 174 valence electrons. The maximum absolute atomic E-state index is 13.4. The van der Waals surface area contributed by atoms with Gasteiger partial charge in [-0.15, -0.1) is 0 Å². The van der Waals surface area contributed by atoms with Crippen molar-refractivity contribution in [3.05, 3.63) is 65.2 Å². The molecule has 4 N–H and O–H groups in total. The molecule has 0 atom stereocenters. The second-order valence-electron chi connectivity index (χ2n) is 8.34. The number of hydrogen-bond donors (Lipinski definition) is 2. The van der Waals surface area contributed by atoms with Crippen LogP contribution in [0.1, 0.15) is 38.7 Å². The molecular weight excluding hydrogens is 422 g/mol. The van der Waals surface area contributed by atoms with Gasteiger partial charge in [-0.25, -0.2) is 4.79 Å². The summed E-state index contributed by atoms with van der Waals surface area (Å²) < 4.78 is 0. The zero-order valence-corrected chi connectivity index (χ0v) is 18.8. The number of anilines is 1. The lowest BCUT2D eigenvalue weighted by Gasteiger charge is -2.34. The Labute approximate surface area is 197 Å². The zero-order valence-electron chi connectivity index (χ0n) is 18.1. The molecule has 1 saturated carbocycles. The van der Waals surface area contributed by atoms with Crippen LogP contribution in [0.15, 0.2) is 59.6 Å². The molecule has 0 bridgehead atoms. The van der Waals surface area contributed by atoms with Gasteiger partial charge in [0.1, 0.15) is 0 Å². The maximum Gasteiger partial charge on any atom is 0.324 e. The number of para-hydroxylation sites is 1. The lowest BCUT2D eigenvalue weighted by molar-refractivity contribution is 0.173. The second kappa shape index (κ2) is 12.3. The molecule has 1 fully saturated rings. The van der Waals surface area contributed by atoms with E-state index in [1.807, 2.05) is 66.5 Å². The van der Waals surface area contributed by atoms with Crippen LogP contribution in [0.25, 0.3) is 0 Å². The number of nitrogens with zero attached hydrogens (tertiary/aromatic N) is 3. The largest absolute Gasteiger partial charge is 0.370 e. The predicted molar refractivity (Wildman–Crippen MR) is 135 cm³/mol. The fourth-order valence-corrected chi connectivity index (χ4v) is 4.26.